The second-order valence-electron chi connectivity index (χ2n) is 4.98. The molecule has 1 aliphatic rings. The minimum Gasteiger partial charge on any atom is -0.354 e. The maximum atomic E-state index is 6.16. The van der Waals surface area contributed by atoms with Crippen molar-refractivity contribution in [2.45, 2.75) is 25.8 Å². The number of hydrogen-bond donors (Lipinski definition) is 1. The molecule has 3 heterocycles. The molecule has 1 saturated heterocycles. The average Bonchev–Trinajstić information content (AvgIpc) is 2.87. The van der Waals surface area contributed by atoms with Crippen LogP contribution in [0.5, 0.6) is 0 Å². The smallest absolute Gasteiger partial charge is 0.154 e. The minimum atomic E-state index is 0.330. The van der Waals surface area contributed by atoms with Crippen molar-refractivity contribution >= 4 is 11.3 Å². The number of piperidine rings is 1. The first-order valence-corrected chi connectivity index (χ1v) is 6.58. The molecule has 0 aliphatic carbocycles. The molecule has 2 aromatic rings. The Morgan fingerprint density at radius 2 is 2.33 bits per heavy atom. The van der Waals surface area contributed by atoms with Crippen molar-refractivity contribution in [3.05, 3.63) is 24.7 Å². The zero-order valence-electron chi connectivity index (χ0n) is 10.7. The number of nitrogens with zero attached hydrogens (tertiary/aromatic N) is 4. The van der Waals surface area contributed by atoms with Crippen LogP contribution in [0.4, 0.5) is 5.82 Å². The standard InChI is InChI=1S/C13H19N5/c1-2-10-9-17(7-4-11(10)14)13-12-3-5-16-18(12)8-6-15-13/h3,5-6,8,10-11H,2,4,7,9,14H2,1H3. The van der Waals surface area contributed by atoms with E-state index in [0.717, 1.165) is 37.3 Å². The molecule has 3 rings (SSSR count). The third-order valence-corrected chi connectivity index (χ3v) is 3.92. The minimum absolute atomic E-state index is 0.330. The summed E-state index contributed by atoms with van der Waals surface area (Å²) in [4.78, 5) is 6.86. The van der Waals surface area contributed by atoms with Gasteiger partial charge in [0.15, 0.2) is 5.82 Å². The van der Waals surface area contributed by atoms with E-state index in [4.69, 9.17) is 5.73 Å². The molecule has 2 unspecified atom stereocenters. The highest BCUT2D eigenvalue weighted by atomic mass is 15.3. The van der Waals surface area contributed by atoms with E-state index in [1.807, 2.05) is 29.2 Å². The normalized spacial score (nSPS) is 24.7. The van der Waals surface area contributed by atoms with Crippen LogP contribution in [0.25, 0.3) is 5.52 Å². The highest BCUT2D eigenvalue weighted by Crippen LogP contribution is 2.25. The summed E-state index contributed by atoms with van der Waals surface area (Å²) < 4.78 is 1.87. The van der Waals surface area contributed by atoms with Crippen LogP contribution in [0.2, 0.25) is 0 Å². The van der Waals surface area contributed by atoms with Crippen LogP contribution >= 0.6 is 0 Å². The average molecular weight is 245 g/mol. The molecule has 2 atom stereocenters. The van der Waals surface area contributed by atoms with Gasteiger partial charge in [-0.25, -0.2) is 9.50 Å². The molecule has 2 aromatic heterocycles. The molecular weight excluding hydrogens is 226 g/mol. The highest BCUT2D eigenvalue weighted by molar-refractivity contribution is 5.68. The number of fused-ring (bicyclic) bond motifs is 1. The topological polar surface area (TPSA) is 59.5 Å². The van der Waals surface area contributed by atoms with Gasteiger partial charge in [0.1, 0.15) is 5.52 Å². The summed E-state index contributed by atoms with van der Waals surface area (Å²) in [5.41, 5.74) is 7.23. The summed E-state index contributed by atoms with van der Waals surface area (Å²) in [6, 6.07) is 2.34. The van der Waals surface area contributed by atoms with Gasteiger partial charge in [0, 0.05) is 31.5 Å². The summed E-state index contributed by atoms with van der Waals surface area (Å²) in [7, 11) is 0. The number of rotatable bonds is 2. The Morgan fingerprint density at radius 3 is 3.17 bits per heavy atom. The predicted molar refractivity (Wildman–Crippen MR) is 71.6 cm³/mol. The Balaban J connectivity index is 1.93. The molecule has 2 N–H and O–H groups in total. The first kappa shape index (κ1) is 11.5. The van der Waals surface area contributed by atoms with Gasteiger partial charge in [-0.05, 0) is 18.4 Å². The fourth-order valence-electron chi connectivity index (χ4n) is 2.76. The van der Waals surface area contributed by atoms with Gasteiger partial charge in [-0.15, -0.1) is 0 Å². The second kappa shape index (κ2) is 4.57. The summed E-state index contributed by atoms with van der Waals surface area (Å²) in [5.74, 6) is 1.59. The van der Waals surface area contributed by atoms with Gasteiger partial charge in [0.25, 0.3) is 0 Å². The first-order valence-electron chi connectivity index (χ1n) is 6.58. The van der Waals surface area contributed by atoms with Crippen LogP contribution in [-0.4, -0.2) is 33.7 Å². The quantitative estimate of drug-likeness (QED) is 0.866. The van der Waals surface area contributed by atoms with Crippen molar-refractivity contribution in [3.63, 3.8) is 0 Å². The molecule has 5 heteroatoms. The summed E-state index contributed by atoms with van der Waals surface area (Å²) in [6.07, 6.45) is 7.67. The summed E-state index contributed by atoms with van der Waals surface area (Å²) >= 11 is 0. The van der Waals surface area contributed by atoms with Crippen LogP contribution in [0.3, 0.4) is 0 Å². The van der Waals surface area contributed by atoms with Crippen molar-refractivity contribution in [3.8, 4) is 0 Å². The Hall–Kier alpha value is -1.62. The third-order valence-electron chi connectivity index (χ3n) is 3.92. The molecule has 1 fully saturated rings. The van der Waals surface area contributed by atoms with E-state index in [0.29, 0.717) is 12.0 Å². The van der Waals surface area contributed by atoms with Gasteiger partial charge in [-0.3, -0.25) is 0 Å². The SMILES string of the molecule is CCC1CN(c2nccn3nccc23)CCC1N. The molecule has 0 saturated carbocycles. The maximum Gasteiger partial charge on any atom is 0.154 e. The van der Waals surface area contributed by atoms with E-state index >= 15 is 0 Å². The van der Waals surface area contributed by atoms with Gasteiger partial charge in [-0.1, -0.05) is 13.3 Å². The van der Waals surface area contributed by atoms with Crippen molar-refractivity contribution in [2.24, 2.45) is 11.7 Å². The Morgan fingerprint density at radius 1 is 1.44 bits per heavy atom. The molecule has 0 radical (unpaired) electrons. The van der Waals surface area contributed by atoms with E-state index in [-0.39, 0.29) is 0 Å². The van der Waals surface area contributed by atoms with Crippen molar-refractivity contribution in [2.75, 3.05) is 18.0 Å². The maximum absolute atomic E-state index is 6.16. The Labute approximate surface area is 107 Å². The van der Waals surface area contributed by atoms with Crippen molar-refractivity contribution < 1.29 is 0 Å². The summed E-state index contributed by atoms with van der Waals surface area (Å²) in [5, 5.41) is 4.25. The highest BCUT2D eigenvalue weighted by Gasteiger charge is 2.26. The molecule has 0 spiro atoms. The van der Waals surface area contributed by atoms with Crippen LogP contribution < -0.4 is 10.6 Å². The van der Waals surface area contributed by atoms with Crippen LogP contribution in [-0.2, 0) is 0 Å². The molecule has 96 valence electrons. The molecule has 0 aromatic carbocycles. The number of anilines is 1. The van der Waals surface area contributed by atoms with Gasteiger partial charge in [0.2, 0.25) is 0 Å². The van der Waals surface area contributed by atoms with Gasteiger partial charge in [-0.2, -0.15) is 5.10 Å². The third kappa shape index (κ3) is 1.84. The van der Waals surface area contributed by atoms with Crippen LogP contribution in [0, 0.1) is 5.92 Å². The zero-order chi connectivity index (χ0) is 12.5. The lowest BCUT2D eigenvalue weighted by molar-refractivity contribution is 0.347. The molecule has 5 nitrogen and oxygen atoms in total. The molecular formula is C13H19N5. The zero-order valence-corrected chi connectivity index (χ0v) is 10.7. The van der Waals surface area contributed by atoms with E-state index in [9.17, 15) is 0 Å². The van der Waals surface area contributed by atoms with Crippen molar-refractivity contribution in [1.82, 2.24) is 14.6 Å². The van der Waals surface area contributed by atoms with Gasteiger partial charge >= 0.3 is 0 Å². The summed E-state index contributed by atoms with van der Waals surface area (Å²) in [6.45, 7) is 4.19. The van der Waals surface area contributed by atoms with Gasteiger partial charge in [0.05, 0.1) is 6.20 Å². The Bertz CT molecular complexity index is 535. The molecule has 18 heavy (non-hydrogen) atoms. The Kier molecular flexibility index (Phi) is 2.91. The second-order valence-corrected chi connectivity index (χ2v) is 4.98. The van der Waals surface area contributed by atoms with E-state index in [2.05, 4.69) is 21.9 Å². The van der Waals surface area contributed by atoms with Crippen molar-refractivity contribution in [1.29, 1.82) is 0 Å². The first-order chi connectivity index (χ1) is 8.79. The fourth-order valence-corrected chi connectivity index (χ4v) is 2.76. The number of nitrogens with two attached hydrogens (primary N) is 1. The molecule has 1 aliphatic heterocycles. The van der Waals surface area contributed by atoms with Crippen LogP contribution in [0.15, 0.2) is 24.7 Å². The fraction of sp³-hybridized carbons (Fsp3) is 0.538. The van der Waals surface area contributed by atoms with E-state index in [1.165, 1.54) is 0 Å². The lowest BCUT2D eigenvalue weighted by atomic mass is 9.91. The van der Waals surface area contributed by atoms with E-state index in [1.54, 1.807) is 0 Å². The molecule has 0 bridgehead atoms. The lowest BCUT2D eigenvalue weighted by Crippen LogP contribution is -2.47. The van der Waals surface area contributed by atoms with E-state index < -0.39 is 0 Å². The predicted octanol–water partition coefficient (Wildman–Crippen LogP) is 1.29. The van der Waals surface area contributed by atoms with Crippen LogP contribution in [0.1, 0.15) is 19.8 Å². The number of aromatic nitrogens is 3. The lowest BCUT2D eigenvalue weighted by Gasteiger charge is -2.37. The largest absolute Gasteiger partial charge is 0.354 e. The monoisotopic (exact) mass is 245 g/mol. The van der Waals surface area contributed by atoms with Gasteiger partial charge < -0.3 is 10.6 Å². The molecule has 0 amide bonds. The number of hydrogen-bond acceptors (Lipinski definition) is 4.